The Morgan fingerprint density at radius 3 is 2.62 bits per heavy atom. The highest BCUT2D eigenvalue weighted by Gasteiger charge is 2.19. The standard InChI is InChI=1S/C15H19NO5/c1-3-11(15(16)19)21-14-10(8-9-13(17)18)6-5-7-12(14)20-4-2/h5-9,11H,3-4H2,1-2H3,(H2,16,19)(H,17,18). The van der Waals surface area contributed by atoms with Gasteiger partial charge >= 0.3 is 5.97 Å². The van der Waals surface area contributed by atoms with E-state index in [9.17, 15) is 9.59 Å². The SMILES string of the molecule is CCOc1cccc(C=CC(=O)O)c1OC(CC)C(N)=O. The Bertz CT molecular complexity index is 539. The average molecular weight is 293 g/mol. The van der Waals surface area contributed by atoms with Gasteiger partial charge in [0.25, 0.3) is 5.91 Å². The molecule has 0 aliphatic carbocycles. The number of ether oxygens (including phenoxy) is 2. The first-order chi connectivity index (χ1) is 9.99. The summed E-state index contributed by atoms with van der Waals surface area (Å²) in [4.78, 5) is 22.0. The van der Waals surface area contributed by atoms with Gasteiger partial charge in [-0.25, -0.2) is 4.79 Å². The van der Waals surface area contributed by atoms with Crippen LogP contribution in [0.3, 0.4) is 0 Å². The molecule has 0 spiro atoms. The summed E-state index contributed by atoms with van der Waals surface area (Å²) in [5.74, 6) is -0.922. The summed E-state index contributed by atoms with van der Waals surface area (Å²) in [5.41, 5.74) is 5.78. The van der Waals surface area contributed by atoms with Gasteiger partial charge in [-0.1, -0.05) is 19.1 Å². The number of amides is 1. The molecule has 0 heterocycles. The van der Waals surface area contributed by atoms with Gasteiger partial charge in [0.1, 0.15) is 0 Å². The number of para-hydroxylation sites is 1. The second-order valence-electron chi connectivity index (χ2n) is 4.20. The van der Waals surface area contributed by atoms with E-state index in [2.05, 4.69) is 0 Å². The zero-order valence-corrected chi connectivity index (χ0v) is 12.0. The maximum Gasteiger partial charge on any atom is 0.328 e. The number of rotatable bonds is 8. The minimum Gasteiger partial charge on any atom is -0.490 e. The van der Waals surface area contributed by atoms with Crippen LogP contribution in [0.25, 0.3) is 6.08 Å². The number of carboxylic acid groups (broad SMARTS) is 1. The lowest BCUT2D eigenvalue weighted by Crippen LogP contribution is -2.33. The fraction of sp³-hybridized carbons (Fsp3) is 0.333. The van der Waals surface area contributed by atoms with Crippen LogP contribution in [0, 0.1) is 0 Å². The van der Waals surface area contributed by atoms with E-state index in [1.54, 1.807) is 25.1 Å². The minimum absolute atomic E-state index is 0.308. The summed E-state index contributed by atoms with van der Waals surface area (Å²) < 4.78 is 11.1. The van der Waals surface area contributed by atoms with Crippen LogP contribution in [0.15, 0.2) is 24.3 Å². The van der Waals surface area contributed by atoms with Crippen LogP contribution in [0.4, 0.5) is 0 Å². The maximum atomic E-state index is 11.3. The monoisotopic (exact) mass is 293 g/mol. The van der Waals surface area contributed by atoms with Gasteiger partial charge in [0.2, 0.25) is 0 Å². The van der Waals surface area contributed by atoms with E-state index in [1.165, 1.54) is 6.08 Å². The molecule has 1 rings (SSSR count). The molecule has 1 aromatic rings. The van der Waals surface area contributed by atoms with Crippen molar-refractivity contribution in [2.24, 2.45) is 5.73 Å². The topological polar surface area (TPSA) is 98.8 Å². The molecule has 0 aliphatic heterocycles. The number of carbonyl (C=O) groups is 2. The number of nitrogens with two attached hydrogens (primary N) is 1. The quantitative estimate of drug-likeness (QED) is 0.712. The van der Waals surface area contributed by atoms with Gasteiger partial charge in [-0.05, 0) is 25.5 Å². The van der Waals surface area contributed by atoms with E-state index in [4.69, 9.17) is 20.3 Å². The molecule has 1 unspecified atom stereocenters. The smallest absolute Gasteiger partial charge is 0.328 e. The Kier molecular flexibility index (Phi) is 6.26. The Morgan fingerprint density at radius 1 is 1.38 bits per heavy atom. The molecular weight excluding hydrogens is 274 g/mol. The summed E-state index contributed by atoms with van der Waals surface area (Å²) in [6.45, 7) is 4.00. The second-order valence-corrected chi connectivity index (χ2v) is 4.20. The molecule has 114 valence electrons. The third kappa shape index (κ3) is 4.83. The van der Waals surface area contributed by atoms with E-state index in [0.29, 0.717) is 30.1 Å². The molecule has 21 heavy (non-hydrogen) atoms. The van der Waals surface area contributed by atoms with Crippen LogP contribution >= 0.6 is 0 Å². The number of carboxylic acids is 1. The van der Waals surface area contributed by atoms with E-state index in [0.717, 1.165) is 6.08 Å². The van der Waals surface area contributed by atoms with E-state index < -0.39 is 18.0 Å². The summed E-state index contributed by atoms with van der Waals surface area (Å²) in [6, 6.07) is 5.07. The second kappa shape index (κ2) is 7.94. The van der Waals surface area contributed by atoms with Crippen LogP contribution < -0.4 is 15.2 Å². The first kappa shape index (κ1) is 16.6. The molecule has 6 heteroatoms. The Labute approximate surface area is 123 Å². The summed E-state index contributed by atoms with van der Waals surface area (Å²) >= 11 is 0. The minimum atomic E-state index is -1.08. The van der Waals surface area contributed by atoms with Crippen molar-refractivity contribution in [3.05, 3.63) is 29.8 Å². The molecule has 1 aromatic carbocycles. The van der Waals surface area contributed by atoms with Gasteiger partial charge < -0.3 is 20.3 Å². The summed E-state index contributed by atoms with van der Waals surface area (Å²) in [5, 5.41) is 8.72. The maximum absolute atomic E-state index is 11.3. The van der Waals surface area contributed by atoms with Gasteiger partial charge in [0.05, 0.1) is 6.61 Å². The van der Waals surface area contributed by atoms with E-state index in [1.807, 2.05) is 6.92 Å². The zero-order chi connectivity index (χ0) is 15.8. The van der Waals surface area contributed by atoms with Crippen molar-refractivity contribution in [1.82, 2.24) is 0 Å². The first-order valence-corrected chi connectivity index (χ1v) is 6.62. The molecule has 1 atom stereocenters. The van der Waals surface area contributed by atoms with Crippen molar-refractivity contribution >= 4 is 18.0 Å². The van der Waals surface area contributed by atoms with Crippen molar-refractivity contribution in [2.45, 2.75) is 26.4 Å². The molecule has 0 saturated heterocycles. The lowest BCUT2D eigenvalue weighted by molar-refractivity contribution is -0.131. The largest absolute Gasteiger partial charge is 0.490 e. The van der Waals surface area contributed by atoms with E-state index in [-0.39, 0.29) is 0 Å². The third-order valence-electron chi connectivity index (χ3n) is 2.66. The average Bonchev–Trinajstić information content (AvgIpc) is 2.43. The lowest BCUT2D eigenvalue weighted by atomic mass is 10.1. The van der Waals surface area contributed by atoms with Crippen LogP contribution in [0.5, 0.6) is 11.5 Å². The molecule has 6 nitrogen and oxygen atoms in total. The predicted octanol–water partition coefficient (Wildman–Crippen LogP) is 1.83. The number of benzene rings is 1. The van der Waals surface area contributed by atoms with Crippen LogP contribution in [0.1, 0.15) is 25.8 Å². The number of hydrogen-bond acceptors (Lipinski definition) is 4. The normalized spacial score (nSPS) is 12.1. The van der Waals surface area contributed by atoms with Crippen LogP contribution in [-0.4, -0.2) is 29.7 Å². The molecular formula is C15H19NO5. The number of aliphatic carboxylic acids is 1. The molecule has 0 bridgehead atoms. The van der Waals surface area contributed by atoms with Crippen LogP contribution in [-0.2, 0) is 9.59 Å². The van der Waals surface area contributed by atoms with Gasteiger partial charge in [0, 0.05) is 11.6 Å². The highest BCUT2D eigenvalue weighted by atomic mass is 16.5. The fourth-order valence-electron chi connectivity index (χ4n) is 1.71. The Hall–Kier alpha value is -2.50. The summed E-state index contributed by atoms with van der Waals surface area (Å²) in [7, 11) is 0. The van der Waals surface area contributed by atoms with Crippen molar-refractivity contribution in [3.8, 4) is 11.5 Å². The molecule has 0 aromatic heterocycles. The fourth-order valence-corrected chi connectivity index (χ4v) is 1.71. The third-order valence-corrected chi connectivity index (χ3v) is 2.66. The van der Waals surface area contributed by atoms with Crippen molar-refractivity contribution < 1.29 is 24.2 Å². The van der Waals surface area contributed by atoms with Gasteiger partial charge in [0.15, 0.2) is 17.6 Å². The molecule has 0 fully saturated rings. The van der Waals surface area contributed by atoms with Gasteiger partial charge in [-0.2, -0.15) is 0 Å². The molecule has 0 saturated carbocycles. The molecule has 3 N–H and O–H groups in total. The van der Waals surface area contributed by atoms with Crippen molar-refractivity contribution in [1.29, 1.82) is 0 Å². The Morgan fingerprint density at radius 2 is 2.10 bits per heavy atom. The van der Waals surface area contributed by atoms with Crippen LogP contribution in [0.2, 0.25) is 0 Å². The van der Waals surface area contributed by atoms with E-state index >= 15 is 0 Å². The van der Waals surface area contributed by atoms with Gasteiger partial charge in [-0.15, -0.1) is 0 Å². The first-order valence-electron chi connectivity index (χ1n) is 6.62. The van der Waals surface area contributed by atoms with Gasteiger partial charge in [-0.3, -0.25) is 4.79 Å². The molecule has 1 amide bonds. The van der Waals surface area contributed by atoms with Crippen molar-refractivity contribution in [3.63, 3.8) is 0 Å². The highest BCUT2D eigenvalue weighted by molar-refractivity contribution is 5.86. The predicted molar refractivity (Wildman–Crippen MR) is 78.2 cm³/mol. The molecule has 0 radical (unpaired) electrons. The summed E-state index contributed by atoms with van der Waals surface area (Å²) in [6.07, 6.45) is 1.97. The highest BCUT2D eigenvalue weighted by Crippen LogP contribution is 2.33. The number of primary amides is 1. The number of carbonyl (C=O) groups excluding carboxylic acids is 1. The van der Waals surface area contributed by atoms with Crippen molar-refractivity contribution in [2.75, 3.05) is 6.61 Å². The molecule has 0 aliphatic rings. The zero-order valence-electron chi connectivity index (χ0n) is 12.0. The Balaban J connectivity index is 3.21. The number of hydrogen-bond donors (Lipinski definition) is 2. The lowest BCUT2D eigenvalue weighted by Gasteiger charge is -2.19.